The van der Waals surface area contributed by atoms with Crippen LogP contribution in [0.4, 0.5) is 26.8 Å². The number of benzene rings is 2. The topological polar surface area (TPSA) is 181 Å². The molecule has 2 aromatic carbocycles. The molecule has 0 bridgehead atoms. The van der Waals surface area contributed by atoms with Crippen LogP contribution in [0, 0.1) is 13.8 Å². The summed E-state index contributed by atoms with van der Waals surface area (Å²) in [6.45, 7) is 3.81. The van der Waals surface area contributed by atoms with Gasteiger partial charge in [0.15, 0.2) is 5.82 Å². The molecule has 8 N–H and O–H groups in total. The lowest BCUT2D eigenvalue weighted by Crippen LogP contribution is -2.32. The highest BCUT2D eigenvalue weighted by molar-refractivity contribution is 7.10. The molecule has 6 amide bonds. The van der Waals surface area contributed by atoms with Crippen molar-refractivity contribution in [1.29, 1.82) is 0 Å². The first-order chi connectivity index (χ1) is 16.6. The van der Waals surface area contributed by atoms with Gasteiger partial charge >= 0.3 is 12.1 Å². The number of nitrogens with one attached hydrogen (secondary N) is 4. The molecule has 0 unspecified atom stereocenters. The Bertz CT molecular complexity index is 1270. The highest BCUT2D eigenvalue weighted by Crippen LogP contribution is 2.36. The van der Waals surface area contributed by atoms with E-state index in [2.05, 4.69) is 25.6 Å². The third-order valence-electron chi connectivity index (χ3n) is 4.87. The van der Waals surface area contributed by atoms with Crippen LogP contribution in [0.5, 0.6) is 0 Å². The maximum absolute atomic E-state index is 12.3. The smallest absolute Gasteiger partial charge is 0.323 e. The van der Waals surface area contributed by atoms with Crippen LogP contribution in [0.1, 0.15) is 27.9 Å². The van der Waals surface area contributed by atoms with Crippen molar-refractivity contribution < 1.29 is 19.2 Å². The van der Waals surface area contributed by atoms with Crippen LogP contribution >= 0.6 is 11.5 Å². The van der Waals surface area contributed by atoms with Crippen molar-refractivity contribution in [1.82, 2.24) is 9.69 Å². The number of amides is 6. The molecule has 0 atom stereocenters. The van der Waals surface area contributed by atoms with Gasteiger partial charge in [-0.2, -0.15) is 4.37 Å². The zero-order valence-electron chi connectivity index (χ0n) is 19.1. The van der Waals surface area contributed by atoms with Crippen molar-refractivity contribution in [3.05, 3.63) is 59.2 Å². The van der Waals surface area contributed by atoms with Gasteiger partial charge in [0, 0.05) is 24.3 Å². The van der Waals surface area contributed by atoms with Gasteiger partial charge in [0.2, 0.25) is 5.91 Å². The van der Waals surface area contributed by atoms with Crippen molar-refractivity contribution in [3.63, 3.8) is 0 Å². The third kappa shape index (κ3) is 6.77. The lowest BCUT2D eigenvalue weighted by atomic mass is 10.0. The Morgan fingerprint density at radius 1 is 0.886 bits per heavy atom. The molecule has 3 rings (SSSR count). The summed E-state index contributed by atoms with van der Waals surface area (Å²) in [6, 6.07) is 11.5. The number of carbonyl (C=O) groups is 4. The van der Waals surface area contributed by atoms with Gasteiger partial charge in [0.1, 0.15) is 5.56 Å². The molecule has 0 aliphatic heterocycles. The Balaban J connectivity index is 1.74. The standard InChI is InChI=1S/C23H25N7O4S/c1-12-3-5-14(6-4-12)27-23(34)28-15-7-8-16(13(2)11-15)19-18(20(25)32)21(30-35-19)29-22(33)26-10-9-17(24)31/h3-8,11H,9-10H2,1-2H3,(H2,24,31)(H2,25,32)(H2,27,28,34)(H2,26,29,30,33). The molecule has 0 saturated carbocycles. The summed E-state index contributed by atoms with van der Waals surface area (Å²) >= 11 is 0.998. The van der Waals surface area contributed by atoms with E-state index in [0.29, 0.717) is 21.8 Å². The Morgan fingerprint density at radius 2 is 1.54 bits per heavy atom. The summed E-state index contributed by atoms with van der Waals surface area (Å²) in [6.07, 6.45) is -0.0268. The molecule has 0 fully saturated rings. The lowest BCUT2D eigenvalue weighted by molar-refractivity contribution is -0.117. The van der Waals surface area contributed by atoms with Crippen LogP contribution in [0.25, 0.3) is 10.4 Å². The van der Waals surface area contributed by atoms with E-state index in [4.69, 9.17) is 11.5 Å². The average molecular weight is 496 g/mol. The number of hydrogen-bond donors (Lipinski definition) is 6. The minimum Gasteiger partial charge on any atom is -0.370 e. The number of aryl methyl sites for hydroxylation is 2. The average Bonchev–Trinajstić information content (AvgIpc) is 3.18. The molecule has 0 aliphatic carbocycles. The predicted octanol–water partition coefficient (Wildman–Crippen LogP) is 3.17. The quantitative estimate of drug-likeness (QED) is 0.280. The van der Waals surface area contributed by atoms with Crippen molar-refractivity contribution in [2.45, 2.75) is 20.3 Å². The second kappa shape index (κ2) is 11.1. The van der Waals surface area contributed by atoms with Gasteiger partial charge in [-0.25, -0.2) is 9.59 Å². The number of hydrogen-bond acceptors (Lipinski definition) is 6. The van der Waals surface area contributed by atoms with Gasteiger partial charge in [-0.3, -0.25) is 14.9 Å². The molecule has 35 heavy (non-hydrogen) atoms. The fourth-order valence-corrected chi connectivity index (χ4v) is 4.10. The van der Waals surface area contributed by atoms with Crippen molar-refractivity contribution in [2.75, 3.05) is 22.5 Å². The van der Waals surface area contributed by atoms with E-state index in [-0.39, 0.29) is 24.3 Å². The zero-order chi connectivity index (χ0) is 25.5. The largest absolute Gasteiger partial charge is 0.370 e. The van der Waals surface area contributed by atoms with Crippen LogP contribution < -0.4 is 32.7 Å². The van der Waals surface area contributed by atoms with E-state index in [1.54, 1.807) is 18.2 Å². The van der Waals surface area contributed by atoms with Crippen LogP contribution in [-0.4, -0.2) is 34.8 Å². The van der Waals surface area contributed by atoms with E-state index in [9.17, 15) is 19.2 Å². The maximum atomic E-state index is 12.3. The minimum atomic E-state index is -0.764. The molecule has 0 aliphatic rings. The first-order valence-corrected chi connectivity index (χ1v) is 11.3. The van der Waals surface area contributed by atoms with Crippen molar-refractivity contribution in [2.24, 2.45) is 11.5 Å². The van der Waals surface area contributed by atoms with Gasteiger partial charge < -0.3 is 27.4 Å². The minimum absolute atomic E-state index is 0.00755. The predicted molar refractivity (Wildman–Crippen MR) is 135 cm³/mol. The fraction of sp³-hybridized carbons (Fsp3) is 0.174. The number of nitrogens with two attached hydrogens (primary N) is 2. The molecule has 3 aromatic rings. The van der Waals surface area contributed by atoms with Gasteiger partial charge in [-0.05, 0) is 60.8 Å². The molecular formula is C23H25N7O4S. The molecule has 0 spiro atoms. The highest BCUT2D eigenvalue weighted by Gasteiger charge is 2.22. The van der Waals surface area contributed by atoms with Gasteiger partial charge in [-0.15, -0.1) is 0 Å². The summed E-state index contributed by atoms with van der Waals surface area (Å²) in [5.41, 5.74) is 14.4. The molecule has 11 nitrogen and oxygen atoms in total. The van der Waals surface area contributed by atoms with Gasteiger partial charge in [0.25, 0.3) is 5.91 Å². The Hall–Kier alpha value is -4.45. The first-order valence-electron chi connectivity index (χ1n) is 10.5. The van der Waals surface area contributed by atoms with E-state index in [1.807, 2.05) is 38.1 Å². The molecule has 0 saturated heterocycles. The molecule has 182 valence electrons. The molecular weight excluding hydrogens is 470 g/mol. The molecule has 0 radical (unpaired) electrons. The normalized spacial score (nSPS) is 10.3. The SMILES string of the molecule is Cc1ccc(NC(=O)Nc2ccc(-c3snc(NC(=O)NCCC(N)=O)c3C(N)=O)c(C)c2)cc1. The number of urea groups is 2. The first kappa shape index (κ1) is 25.2. The van der Waals surface area contributed by atoms with E-state index >= 15 is 0 Å². The number of rotatable bonds is 8. The summed E-state index contributed by atoms with van der Waals surface area (Å²) in [4.78, 5) is 47.8. The Kier molecular flexibility index (Phi) is 8.00. The second-order valence-electron chi connectivity index (χ2n) is 7.67. The fourth-order valence-electron chi connectivity index (χ4n) is 3.17. The summed E-state index contributed by atoms with van der Waals surface area (Å²) in [5.74, 6) is -1.31. The molecule has 1 heterocycles. The zero-order valence-corrected chi connectivity index (χ0v) is 19.9. The molecule has 12 heteroatoms. The molecule has 1 aromatic heterocycles. The van der Waals surface area contributed by atoms with Crippen LogP contribution in [0.15, 0.2) is 42.5 Å². The maximum Gasteiger partial charge on any atom is 0.323 e. The summed E-state index contributed by atoms with van der Waals surface area (Å²) in [7, 11) is 0. The summed E-state index contributed by atoms with van der Waals surface area (Å²) in [5, 5.41) is 10.4. The Morgan fingerprint density at radius 3 is 2.17 bits per heavy atom. The second-order valence-corrected chi connectivity index (χ2v) is 8.45. The van der Waals surface area contributed by atoms with Crippen molar-refractivity contribution >= 4 is 52.6 Å². The van der Waals surface area contributed by atoms with E-state index in [1.165, 1.54) is 0 Å². The lowest BCUT2D eigenvalue weighted by Gasteiger charge is -2.11. The Labute approximate surface area is 205 Å². The van der Waals surface area contributed by atoms with E-state index < -0.39 is 23.9 Å². The number of nitrogens with zero attached hydrogens (tertiary/aromatic N) is 1. The van der Waals surface area contributed by atoms with Crippen LogP contribution in [0.2, 0.25) is 0 Å². The van der Waals surface area contributed by atoms with Crippen molar-refractivity contribution in [3.8, 4) is 10.4 Å². The third-order valence-corrected chi connectivity index (χ3v) is 5.75. The van der Waals surface area contributed by atoms with Crippen LogP contribution in [-0.2, 0) is 4.79 Å². The number of aromatic nitrogens is 1. The number of primary amides is 2. The number of carbonyl (C=O) groups excluding carboxylic acids is 4. The van der Waals surface area contributed by atoms with Crippen LogP contribution in [0.3, 0.4) is 0 Å². The van der Waals surface area contributed by atoms with E-state index in [0.717, 1.165) is 22.7 Å². The van der Waals surface area contributed by atoms with Gasteiger partial charge in [-0.1, -0.05) is 23.8 Å². The highest BCUT2D eigenvalue weighted by atomic mass is 32.1. The van der Waals surface area contributed by atoms with Gasteiger partial charge in [0.05, 0.1) is 4.88 Å². The summed E-state index contributed by atoms with van der Waals surface area (Å²) < 4.78 is 4.16. The monoisotopic (exact) mass is 495 g/mol. The number of anilines is 3.